The second-order valence-electron chi connectivity index (χ2n) is 8.93. The van der Waals surface area contributed by atoms with Crippen molar-refractivity contribution in [1.29, 1.82) is 0 Å². The summed E-state index contributed by atoms with van der Waals surface area (Å²) < 4.78 is 5.25. The maximum atomic E-state index is 3.73. The summed E-state index contributed by atoms with van der Waals surface area (Å²) in [6.45, 7) is 0. The summed E-state index contributed by atoms with van der Waals surface area (Å²) >= 11 is 5.10. The number of aryl methyl sites for hydroxylation is 2. The molecule has 0 saturated carbocycles. The smallest absolute Gasteiger partial charge is 0.214 e. The van der Waals surface area contributed by atoms with E-state index < -0.39 is 0 Å². The second-order valence-corrected chi connectivity index (χ2v) is 11.9. The van der Waals surface area contributed by atoms with Crippen LogP contribution in [0.15, 0.2) is 73.1 Å². The van der Waals surface area contributed by atoms with Crippen LogP contribution < -0.4 is 19.8 Å². The lowest BCUT2D eigenvalue weighted by Gasteiger charge is -2.16. The molecule has 0 aliphatic carbocycles. The van der Waals surface area contributed by atoms with Crippen LogP contribution in [-0.2, 0) is 14.1 Å². The number of fused-ring (bicyclic) bond motifs is 2. The Bertz CT molecular complexity index is 1150. The molecule has 2 aromatic carbocycles. The lowest BCUT2D eigenvalue weighted by molar-refractivity contribution is -0.644. The molecule has 2 heterocycles. The number of hydrogen-bond acceptors (Lipinski definition) is 2. The minimum absolute atomic E-state index is 0.445. The summed E-state index contributed by atoms with van der Waals surface area (Å²) in [5, 5.41) is 10.0. The van der Waals surface area contributed by atoms with Crippen molar-refractivity contribution in [3.63, 3.8) is 0 Å². The fourth-order valence-corrected chi connectivity index (χ4v) is 6.02. The van der Waals surface area contributed by atoms with E-state index >= 15 is 0 Å². The molecule has 0 fully saturated rings. The van der Waals surface area contributed by atoms with Crippen LogP contribution in [0.4, 0.5) is 11.4 Å². The summed E-state index contributed by atoms with van der Waals surface area (Å²) in [4.78, 5) is 0. The van der Waals surface area contributed by atoms with Crippen molar-refractivity contribution < 1.29 is 9.13 Å². The summed E-state index contributed by atoms with van der Waals surface area (Å²) in [7, 11) is 4.21. The fourth-order valence-electron chi connectivity index (χ4n) is 4.46. The molecule has 0 saturated heterocycles. The number of rotatable bonds is 11. The quantitative estimate of drug-likeness (QED) is 0.0587. The largest absolute Gasteiger partial charge is 0.373 e. The van der Waals surface area contributed by atoms with E-state index in [-0.39, 0.29) is 0 Å². The minimum atomic E-state index is 0.445. The molecule has 0 amide bonds. The molecule has 2 unspecified atom stereocenters. The third-order valence-electron chi connectivity index (χ3n) is 6.37. The molecule has 2 atom stereocenters. The number of nitrogens with zero attached hydrogens (tertiary/aromatic N) is 2. The van der Waals surface area contributed by atoms with Gasteiger partial charge in [-0.15, -0.1) is 0 Å². The third kappa shape index (κ3) is 6.50. The van der Waals surface area contributed by atoms with Gasteiger partial charge in [0.05, 0.1) is 30.2 Å². The van der Waals surface area contributed by atoms with Crippen molar-refractivity contribution in [2.24, 2.45) is 14.1 Å². The number of halogens is 2. The topological polar surface area (TPSA) is 31.8 Å². The second kappa shape index (κ2) is 12.3. The molecule has 34 heavy (non-hydrogen) atoms. The molecule has 178 valence electrons. The molecule has 0 aliphatic rings. The van der Waals surface area contributed by atoms with Crippen molar-refractivity contribution in [2.75, 3.05) is 10.6 Å². The number of para-hydroxylation sites is 2. The first-order valence-electron chi connectivity index (χ1n) is 12.1. The van der Waals surface area contributed by atoms with E-state index in [1.54, 1.807) is 0 Å². The predicted molar refractivity (Wildman–Crippen MR) is 161 cm³/mol. The summed E-state index contributed by atoms with van der Waals surface area (Å²) in [6, 6.07) is 21.6. The molecule has 0 bridgehead atoms. The Balaban J connectivity index is 1.17. The number of aromatic nitrogens is 2. The highest BCUT2D eigenvalue weighted by atomic mass is 127. The summed E-state index contributed by atoms with van der Waals surface area (Å²) in [5.41, 5.74) is 4.98. The highest BCUT2D eigenvalue weighted by molar-refractivity contribution is 14.1. The molecule has 4 aromatic rings. The molecule has 0 radical (unpaired) electrons. The monoisotopic (exact) mass is 680 g/mol. The maximum absolute atomic E-state index is 3.73. The van der Waals surface area contributed by atoms with Gasteiger partial charge in [0.25, 0.3) is 0 Å². The maximum Gasteiger partial charge on any atom is 0.214 e. The fraction of sp³-hybridized carbons (Fsp3) is 0.357. The van der Waals surface area contributed by atoms with Gasteiger partial charge in [-0.25, -0.2) is 9.13 Å². The highest BCUT2D eigenvalue weighted by Gasteiger charge is 2.13. The number of nitrogens with one attached hydrogen (secondary N) is 2. The van der Waals surface area contributed by atoms with Gasteiger partial charge < -0.3 is 10.6 Å². The SMILES string of the molecule is C[n+]1ccc(NC(I)CCCCCCC(I)Nc2cc[n+](C)c3ccccc23)c2ccccc21. The van der Waals surface area contributed by atoms with Crippen LogP contribution in [-0.4, -0.2) is 8.10 Å². The van der Waals surface area contributed by atoms with E-state index in [1.807, 2.05) is 0 Å². The van der Waals surface area contributed by atoms with Gasteiger partial charge in [0, 0.05) is 24.3 Å². The number of benzene rings is 2. The Hall–Kier alpha value is -1.68. The molecular weight excluding hydrogens is 646 g/mol. The minimum Gasteiger partial charge on any atom is -0.373 e. The van der Waals surface area contributed by atoms with Crippen LogP contribution in [0.3, 0.4) is 0 Å². The van der Waals surface area contributed by atoms with Gasteiger partial charge in [0.15, 0.2) is 12.4 Å². The van der Waals surface area contributed by atoms with E-state index in [0.717, 1.165) is 0 Å². The Morgan fingerprint density at radius 3 is 1.47 bits per heavy atom. The van der Waals surface area contributed by atoms with Gasteiger partial charge in [-0.3, -0.25) is 0 Å². The van der Waals surface area contributed by atoms with Crippen LogP contribution in [0, 0.1) is 0 Å². The van der Waals surface area contributed by atoms with E-state index in [4.69, 9.17) is 0 Å². The molecule has 0 aliphatic heterocycles. The highest BCUT2D eigenvalue weighted by Crippen LogP contribution is 2.25. The molecule has 6 heteroatoms. The first-order valence-corrected chi connectivity index (χ1v) is 14.6. The Kier molecular flexibility index (Phi) is 9.22. The van der Waals surface area contributed by atoms with Gasteiger partial charge in [-0.2, -0.15) is 0 Å². The van der Waals surface area contributed by atoms with Gasteiger partial charge in [0.2, 0.25) is 11.0 Å². The Morgan fingerprint density at radius 1 is 0.618 bits per heavy atom. The zero-order valence-electron chi connectivity index (χ0n) is 20.0. The molecule has 2 N–H and O–H groups in total. The first-order chi connectivity index (χ1) is 16.5. The normalized spacial score (nSPS) is 13.2. The molecule has 2 aromatic heterocycles. The lowest BCUT2D eigenvalue weighted by Crippen LogP contribution is -2.28. The first kappa shape index (κ1) is 25.4. The van der Waals surface area contributed by atoms with Crippen molar-refractivity contribution >= 4 is 78.4 Å². The van der Waals surface area contributed by atoms with Gasteiger partial charge in [0.1, 0.15) is 14.1 Å². The number of unbranched alkanes of at least 4 members (excludes halogenated alkanes) is 3. The van der Waals surface area contributed by atoms with Crippen LogP contribution in [0.5, 0.6) is 0 Å². The average molecular weight is 680 g/mol. The lowest BCUT2D eigenvalue weighted by atomic mass is 10.1. The van der Waals surface area contributed by atoms with E-state index in [0.29, 0.717) is 8.10 Å². The number of alkyl halides is 2. The Morgan fingerprint density at radius 2 is 1.03 bits per heavy atom. The number of anilines is 2. The standard InChI is InChI=1S/C28H32I2N4/c1-33-19-17-23(21-11-7-9-13-25(21)33)31-27(29)15-5-3-4-6-16-28(30)32-24-18-20-34(2)26-14-10-8-12-22(24)26/h7-14,17-20,27-28H,3-6,15-16H2,1-2H3/p+2. The van der Waals surface area contributed by atoms with Crippen molar-refractivity contribution in [2.45, 2.75) is 46.6 Å². The van der Waals surface area contributed by atoms with Crippen molar-refractivity contribution in [3.05, 3.63) is 73.1 Å². The zero-order chi connectivity index (χ0) is 23.9. The van der Waals surface area contributed by atoms with E-state index in [9.17, 15) is 0 Å². The van der Waals surface area contributed by atoms with E-state index in [1.165, 1.54) is 71.7 Å². The zero-order valence-corrected chi connectivity index (χ0v) is 24.3. The van der Waals surface area contributed by atoms with Crippen LogP contribution >= 0.6 is 45.2 Å². The van der Waals surface area contributed by atoms with Crippen molar-refractivity contribution in [3.8, 4) is 0 Å². The van der Waals surface area contributed by atoms with Crippen molar-refractivity contribution in [1.82, 2.24) is 0 Å². The van der Waals surface area contributed by atoms with Gasteiger partial charge >= 0.3 is 0 Å². The average Bonchev–Trinajstić information content (AvgIpc) is 2.85. The van der Waals surface area contributed by atoms with Crippen LogP contribution in [0.25, 0.3) is 21.8 Å². The number of hydrogen-bond donors (Lipinski definition) is 2. The van der Waals surface area contributed by atoms with Crippen LogP contribution in [0.1, 0.15) is 38.5 Å². The molecule has 0 spiro atoms. The van der Waals surface area contributed by atoms with Gasteiger partial charge in [-0.1, -0.05) is 95.1 Å². The number of pyridine rings is 2. The summed E-state index contributed by atoms with van der Waals surface area (Å²) in [6.07, 6.45) is 11.8. The van der Waals surface area contributed by atoms with Gasteiger partial charge in [-0.05, 0) is 25.0 Å². The summed E-state index contributed by atoms with van der Waals surface area (Å²) in [5.74, 6) is 0. The Labute approximate surface area is 230 Å². The predicted octanol–water partition coefficient (Wildman–Crippen LogP) is 7.03. The third-order valence-corrected chi connectivity index (χ3v) is 8.24. The molecule has 4 nitrogen and oxygen atoms in total. The van der Waals surface area contributed by atoms with Crippen LogP contribution in [0.2, 0.25) is 0 Å². The molecular formula is C28H34I2N4+2. The molecule has 4 rings (SSSR count). The van der Waals surface area contributed by atoms with E-state index in [2.05, 4.69) is 152 Å².